The molecular weight excluding hydrogens is 326 g/mol. The molecule has 9 heteroatoms. The lowest BCUT2D eigenvalue weighted by Crippen LogP contribution is -2.14. The highest BCUT2D eigenvalue weighted by Gasteiger charge is 2.18. The smallest absolute Gasteiger partial charge is 0.387 e. The fraction of sp³-hybridized carbons (Fsp3) is 0.0833. The first-order valence-corrected chi connectivity index (χ1v) is 7.43. The molecule has 2 rings (SSSR count). The van der Waals surface area contributed by atoms with Crippen molar-refractivity contribution in [3.63, 3.8) is 0 Å². The Labute approximate surface area is 124 Å². The van der Waals surface area contributed by atoms with Gasteiger partial charge in [0.1, 0.15) is 15.8 Å². The number of benzene rings is 1. The number of nitrogens with zero attached hydrogens (tertiary/aromatic N) is 1. The Bertz CT molecular complexity index is 741. The van der Waals surface area contributed by atoms with Crippen LogP contribution in [0.15, 0.2) is 47.5 Å². The van der Waals surface area contributed by atoms with Crippen molar-refractivity contribution in [1.29, 1.82) is 0 Å². The highest BCUT2D eigenvalue weighted by molar-refractivity contribution is 7.92. The van der Waals surface area contributed by atoms with E-state index in [2.05, 4.69) is 14.4 Å². The minimum absolute atomic E-state index is 0.0630. The van der Waals surface area contributed by atoms with Crippen LogP contribution in [0, 0.1) is 0 Å². The van der Waals surface area contributed by atoms with Crippen molar-refractivity contribution in [2.75, 3.05) is 4.72 Å². The van der Waals surface area contributed by atoms with Gasteiger partial charge in [0.05, 0.1) is 5.69 Å². The van der Waals surface area contributed by atoms with Gasteiger partial charge in [0.2, 0.25) is 0 Å². The molecule has 0 aliphatic rings. The molecule has 0 bridgehead atoms. The molecule has 2 aromatic rings. The molecule has 1 aromatic carbocycles. The average Bonchev–Trinajstić information content (AvgIpc) is 2.38. The lowest BCUT2D eigenvalue weighted by Gasteiger charge is -2.10. The van der Waals surface area contributed by atoms with E-state index in [4.69, 9.17) is 11.6 Å². The zero-order chi connectivity index (χ0) is 15.5. The molecule has 0 radical (unpaired) electrons. The highest BCUT2D eigenvalue weighted by atomic mass is 35.5. The van der Waals surface area contributed by atoms with E-state index in [1.165, 1.54) is 36.5 Å². The third-order valence-electron chi connectivity index (χ3n) is 2.33. The Hall–Kier alpha value is -1.93. The quantitative estimate of drug-likeness (QED) is 0.853. The van der Waals surface area contributed by atoms with Gasteiger partial charge in [-0.1, -0.05) is 17.7 Å². The summed E-state index contributed by atoms with van der Waals surface area (Å²) in [6.45, 7) is -3.00. The van der Waals surface area contributed by atoms with E-state index in [0.717, 1.165) is 6.07 Å². The minimum Gasteiger partial charge on any atom is -0.435 e. The Balaban J connectivity index is 2.27. The van der Waals surface area contributed by atoms with Crippen molar-refractivity contribution in [3.05, 3.63) is 47.7 Å². The monoisotopic (exact) mass is 334 g/mol. The van der Waals surface area contributed by atoms with Crippen molar-refractivity contribution >= 4 is 27.3 Å². The summed E-state index contributed by atoms with van der Waals surface area (Å²) in [6.07, 6.45) is 1.35. The number of hydrogen-bond donors (Lipinski definition) is 1. The van der Waals surface area contributed by atoms with Crippen LogP contribution in [0.1, 0.15) is 0 Å². The zero-order valence-electron chi connectivity index (χ0n) is 10.3. The predicted octanol–water partition coefficient (Wildman–Crippen LogP) is 3.14. The van der Waals surface area contributed by atoms with Gasteiger partial charge in [-0.25, -0.2) is 13.4 Å². The van der Waals surface area contributed by atoms with Crippen LogP contribution >= 0.6 is 11.6 Å². The third kappa shape index (κ3) is 4.02. The zero-order valence-corrected chi connectivity index (χ0v) is 11.9. The lowest BCUT2D eigenvalue weighted by molar-refractivity contribution is -0.0497. The molecule has 1 heterocycles. The van der Waals surface area contributed by atoms with Crippen LogP contribution in [0.5, 0.6) is 5.75 Å². The normalized spacial score (nSPS) is 11.4. The topological polar surface area (TPSA) is 68.3 Å². The summed E-state index contributed by atoms with van der Waals surface area (Å²) in [6, 6.07) is 7.86. The van der Waals surface area contributed by atoms with Crippen molar-refractivity contribution in [2.45, 2.75) is 11.5 Å². The van der Waals surface area contributed by atoms with E-state index in [1.807, 2.05) is 0 Å². The average molecular weight is 335 g/mol. The summed E-state index contributed by atoms with van der Waals surface area (Å²) in [5, 5.41) is -0.190. The maximum atomic E-state index is 12.1. The van der Waals surface area contributed by atoms with Crippen molar-refractivity contribution < 1.29 is 21.9 Å². The molecule has 5 nitrogen and oxygen atoms in total. The van der Waals surface area contributed by atoms with Gasteiger partial charge in [-0.3, -0.25) is 4.72 Å². The molecule has 0 aliphatic heterocycles. The first-order chi connectivity index (χ1) is 9.88. The van der Waals surface area contributed by atoms with Crippen LogP contribution in [0.4, 0.5) is 14.5 Å². The number of rotatable bonds is 5. The predicted molar refractivity (Wildman–Crippen MR) is 73.1 cm³/mol. The fourth-order valence-corrected chi connectivity index (χ4v) is 3.02. The van der Waals surface area contributed by atoms with Gasteiger partial charge < -0.3 is 4.74 Å². The Morgan fingerprint density at radius 3 is 2.67 bits per heavy atom. The second-order valence-corrected chi connectivity index (χ2v) is 5.81. The van der Waals surface area contributed by atoms with E-state index in [-0.39, 0.29) is 21.5 Å². The number of anilines is 1. The van der Waals surface area contributed by atoms with Gasteiger partial charge in [-0.15, -0.1) is 0 Å². The molecule has 0 aliphatic carbocycles. The maximum Gasteiger partial charge on any atom is 0.387 e. The second-order valence-electron chi connectivity index (χ2n) is 3.80. The summed E-state index contributed by atoms with van der Waals surface area (Å²) < 4.78 is 54.9. The highest BCUT2D eigenvalue weighted by Crippen LogP contribution is 2.24. The van der Waals surface area contributed by atoms with E-state index >= 15 is 0 Å². The van der Waals surface area contributed by atoms with Gasteiger partial charge in [0.25, 0.3) is 10.0 Å². The number of halogens is 3. The van der Waals surface area contributed by atoms with Gasteiger partial charge in [0.15, 0.2) is 0 Å². The first-order valence-electron chi connectivity index (χ1n) is 5.57. The summed E-state index contributed by atoms with van der Waals surface area (Å²) in [4.78, 5) is 3.45. The molecule has 0 fully saturated rings. The molecule has 0 spiro atoms. The van der Waals surface area contributed by atoms with Crippen LogP contribution in [-0.4, -0.2) is 20.0 Å². The molecule has 0 saturated carbocycles. The van der Waals surface area contributed by atoms with Gasteiger partial charge in [-0.2, -0.15) is 8.78 Å². The van der Waals surface area contributed by atoms with E-state index in [9.17, 15) is 17.2 Å². The second kappa shape index (κ2) is 6.23. The number of alkyl halides is 2. The van der Waals surface area contributed by atoms with E-state index in [0.29, 0.717) is 0 Å². The van der Waals surface area contributed by atoms with Crippen LogP contribution < -0.4 is 9.46 Å². The number of aromatic nitrogens is 1. The molecule has 0 amide bonds. The van der Waals surface area contributed by atoms with Crippen LogP contribution in [0.3, 0.4) is 0 Å². The molecule has 21 heavy (non-hydrogen) atoms. The fourth-order valence-electron chi connectivity index (χ4n) is 1.52. The minimum atomic E-state index is -3.98. The maximum absolute atomic E-state index is 12.1. The van der Waals surface area contributed by atoms with Crippen LogP contribution in [0.2, 0.25) is 5.15 Å². The number of nitrogens with one attached hydrogen (secondary N) is 1. The summed E-state index contributed by atoms with van der Waals surface area (Å²) in [5.74, 6) is -0.164. The standard InChI is InChI=1S/C12H9ClF2N2O3S/c13-11-10(5-2-6-16-11)21(18,19)17-8-3-1-4-9(7-8)20-12(14)15/h1-7,12,17H. The van der Waals surface area contributed by atoms with E-state index in [1.54, 1.807) is 0 Å². The molecular formula is C12H9ClF2N2O3S. The summed E-state index contributed by atoms with van der Waals surface area (Å²) >= 11 is 5.72. The number of hydrogen-bond acceptors (Lipinski definition) is 4. The number of pyridine rings is 1. The molecule has 0 unspecified atom stereocenters. The van der Waals surface area contributed by atoms with Gasteiger partial charge >= 0.3 is 6.61 Å². The summed E-state index contributed by atoms with van der Waals surface area (Å²) in [7, 11) is -3.98. The Kier molecular flexibility index (Phi) is 4.59. The molecule has 0 saturated heterocycles. The third-order valence-corrected chi connectivity index (χ3v) is 4.15. The van der Waals surface area contributed by atoms with Crippen molar-refractivity contribution in [3.8, 4) is 5.75 Å². The lowest BCUT2D eigenvalue weighted by atomic mass is 10.3. The van der Waals surface area contributed by atoms with E-state index < -0.39 is 16.6 Å². The Morgan fingerprint density at radius 2 is 2.00 bits per heavy atom. The van der Waals surface area contributed by atoms with Crippen molar-refractivity contribution in [1.82, 2.24) is 4.98 Å². The molecule has 0 atom stereocenters. The Morgan fingerprint density at radius 1 is 1.24 bits per heavy atom. The molecule has 1 aromatic heterocycles. The first kappa shape index (κ1) is 15.5. The van der Waals surface area contributed by atoms with Crippen molar-refractivity contribution in [2.24, 2.45) is 0 Å². The SMILES string of the molecule is O=S(=O)(Nc1cccc(OC(F)F)c1)c1cccnc1Cl. The van der Waals surface area contributed by atoms with Crippen LogP contribution in [0.25, 0.3) is 0 Å². The molecule has 1 N–H and O–H groups in total. The number of ether oxygens (including phenoxy) is 1. The largest absolute Gasteiger partial charge is 0.435 e. The summed E-state index contributed by atoms with van der Waals surface area (Å²) in [5.41, 5.74) is 0.0630. The van der Waals surface area contributed by atoms with Gasteiger partial charge in [0, 0.05) is 12.3 Å². The molecule has 112 valence electrons. The van der Waals surface area contributed by atoms with Gasteiger partial charge in [-0.05, 0) is 24.3 Å². The number of sulfonamides is 1. The van der Waals surface area contributed by atoms with Crippen LogP contribution in [-0.2, 0) is 10.0 Å².